The van der Waals surface area contributed by atoms with E-state index in [1.54, 1.807) is 0 Å². The Morgan fingerprint density at radius 2 is 2.29 bits per heavy atom. The summed E-state index contributed by atoms with van der Waals surface area (Å²) in [6.07, 6.45) is 2.76. The van der Waals surface area contributed by atoms with Crippen molar-refractivity contribution in [2.45, 2.75) is 16.9 Å². The van der Waals surface area contributed by atoms with Gasteiger partial charge in [0, 0.05) is 29.4 Å². The molecule has 0 spiro atoms. The molecule has 0 aromatic heterocycles. The van der Waals surface area contributed by atoms with E-state index in [2.05, 4.69) is 48.6 Å². The highest BCUT2D eigenvalue weighted by molar-refractivity contribution is 14.1. The topological polar surface area (TPSA) is 3.24 Å². The maximum atomic E-state index is 2.48. The van der Waals surface area contributed by atoms with Gasteiger partial charge in [-0.05, 0) is 12.8 Å². The van der Waals surface area contributed by atoms with Gasteiger partial charge in [0.2, 0.25) is 0 Å². The lowest BCUT2D eigenvalue weighted by atomic mass is 10.4. The van der Waals surface area contributed by atoms with Crippen molar-refractivity contribution in [3.05, 3.63) is 0 Å². The number of alkyl halides is 1. The van der Waals surface area contributed by atoms with Gasteiger partial charge in [0.05, 0.1) is 4.05 Å². The van der Waals surface area contributed by atoms with Crippen LogP contribution < -0.4 is 0 Å². The van der Waals surface area contributed by atoms with Crippen molar-refractivity contribution in [2.24, 2.45) is 0 Å². The third-order valence-electron chi connectivity index (χ3n) is 1.12. The van der Waals surface area contributed by atoms with E-state index in [4.69, 9.17) is 0 Å². The van der Waals surface area contributed by atoms with Gasteiger partial charge in [-0.2, -0.15) is 0 Å². The predicted octanol–water partition coefficient (Wildman–Crippen LogP) is 2.19. The zero-order chi connectivity index (χ0) is 5.28. The molecule has 1 nitrogen and oxygen atoms in total. The first kappa shape index (κ1) is 6.54. The Hall–Kier alpha value is 1.42. The van der Waals surface area contributed by atoms with Gasteiger partial charge in [0.25, 0.3) is 0 Å². The zero-order valence-corrected chi connectivity index (χ0v) is 8.22. The molecule has 0 amide bonds. The standard InChI is InChI=1S/C4H7I2N/c5-4-2-1-3-7(4)6/h4H,1-3H2. The Labute approximate surface area is 71.5 Å². The summed E-state index contributed by atoms with van der Waals surface area (Å²) < 4.78 is 3.16. The summed E-state index contributed by atoms with van der Waals surface area (Å²) in [4.78, 5) is 0. The molecule has 0 saturated carbocycles. The van der Waals surface area contributed by atoms with Crippen LogP contribution in [0.25, 0.3) is 0 Å². The van der Waals surface area contributed by atoms with Crippen molar-refractivity contribution in [1.29, 1.82) is 0 Å². The molecule has 0 N–H and O–H groups in total. The van der Waals surface area contributed by atoms with Gasteiger partial charge >= 0.3 is 0 Å². The molecule has 7 heavy (non-hydrogen) atoms. The van der Waals surface area contributed by atoms with E-state index in [1.165, 1.54) is 19.4 Å². The number of hydrogen-bond donors (Lipinski definition) is 0. The second kappa shape index (κ2) is 2.82. The molecular weight excluding hydrogens is 316 g/mol. The van der Waals surface area contributed by atoms with Crippen LogP contribution >= 0.6 is 45.5 Å². The van der Waals surface area contributed by atoms with Crippen molar-refractivity contribution < 1.29 is 0 Å². The van der Waals surface area contributed by atoms with E-state index in [-0.39, 0.29) is 0 Å². The molecule has 1 saturated heterocycles. The molecule has 0 bridgehead atoms. The Kier molecular flexibility index (Phi) is 2.63. The average molecular weight is 323 g/mol. The molecule has 1 heterocycles. The van der Waals surface area contributed by atoms with Gasteiger partial charge in [0.1, 0.15) is 0 Å². The molecule has 0 aromatic carbocycles. The summed E-state index contributed by atoms with van der Waals surface area (Å²) in [7, 11) is 0. The van der Waals surface area contributed by atoms with Gasteiger partial charge in [-0.3, -0.25) is 0 Å². The zero-order valence-electron chi connectivity index (χ0n) is 3.90. The number of rotatable bonds is 0. The van der Waals surface area contributed by atoms with Crippen molar-refractivity contribution >= 4 is 45.5 Å². The molecule has 0 radical (unpaired) electrons. The highest BCUT2D eigenvalue weighted by Gasteiger charge is 2.17. The lowest BCUT2D eigenvalue weighted by molar-refractivity contribution is 0.616. The summed E-state index contributed by atoms with van der Waals surface area (Å²) in [5, 5.41) is 0. The quantitative estimate of drug-likeness (QED) is 0.286. The maximum Gasteiger partial charge on any atom is 0.0709 e. The van der Waals surface area contributed by atoms with Crippen LogP contribution in [0.1, 0.15) is 12.8 Å². The van der Waals surface area contributed by atoms with Crippen LogP contribution in [0.5, 0.6) is 0 Å². The number of halogens is 2. The summed E-state index contributed by atoms with van der Waals surface area (Å²) in [5.74, 6) is 0. The SMILES string of the molecule is IC1CCCN1I. The first-order chi connectivity index (χ1) is 3.30. The molecule has 0 aromatic rings. The Morgan fingerprint density at radius 1 is 1.57 bits per heavy atom. The highest BCUT2D eigenvalue weighted by atomic mass is 127. The molecule has 1 aliphatic rings. The minimum atomic E-state index is 0.804. The first-order valence-electron chi connectivity index (χ1n) is 2.37. The lowest BCUT2D eigenvalue weighted by Gasteiger charge is -2.07. The van der Waals surface area contributed by atoms with Crippen LogP contribution in [0.2, 0.25) is 0 Å². The average Bonchev–Trinajstić information content (AvgIpc) is 1.91. The monoisotopic (exact) mass is 323 g/mol. The van der Waals surface area contributed by atoms with Gasteiger partial charge in [-0.15, -0.1) is 0 Å². The normalized spacial score (nSPS) is 34.3. The second-order valence-electron chi connectivity index (χ2n) is 1.70. The van der Waals surface area contributed by atoms with Gasteiger partial charge in [-0.1, -0.05) is 22.6 Å². The Bertz CT molecular complexity index is 58.7. The minimum absolute atomic E-state index is 0.804. The van der Waals surface area contributed by atoms with Gasteiger partial charge in [-0.25, -0.2) is 3.11 Å². The Morgan fingerprint density at radius 3 is 2.43 bits per heavy atom. The molecule has 1 atom stereocenters. The molecule has 42 valence electrons. The molecule has 1 aliphatic heterocycles. The predicted molar refractivity (Wildman–Crippen MR) is 47.8 cm³/mol. The highest BCUT2D eigenvalue weighted by Crippen LogP contribution is 2.25. The van der Waals surface area contributed by atoms with Crippen LogP contribution in [-0.2, 0) is 0 Å². The second-order valence-corrected chi connectivity index (χ2v) is 4.38. The van der Waals surface area contributed by atoms with Gasteiger partial charge in [0.15, 0.2) is 0 Å². The summed E-state index contributed by atoms with van der Waals surface area (Å²) >= 11 is 4.86. The van der Waals surface area contributed by atoms with Gasteiger partial charge < -0.3 is 0 Å². The third kappa shape index (κ3) is 1.67. The smallest absolute Gasteiger partial charge is 0.0709 e. The van der Waals surface area contributed by atoms with Crippen LogP contribution in [0, 0.1) is 0 Å². The number of hydrogen-bond acceptors (Lipinski definition) is 1. The van der Waals surface area contributed by atoms with Crippen molar-refractivity contribution in [3.63, 3.8) is 0 Å². The lowest BCUT2D eigenvalue weighted by Crippen LogP contribution is -2.10. The van der Waals surface area contributed by atoms with E-state index in [0.29, 0.717) is 0 Å². The van der Waals surface area contributed by atoms with E-state index in [0.717, 1.165) is 4.05 Å². The van der Waals surface area contributed by atoms with Crippen molar-refractivity contribution in [1.82, 2.24) is 3.11 Å². The molecule has 1 unspecified atom stereocenters. The summed E-state index contributed by atoms with van der Waals surface area (Å²) in [6, 6.07) is 0. The van der Waals surface area contributed by atoms with E-state index in [1.807, 2.05) is 0 Å². The minimum Gasteiger partial charge on any atom is -0.235 e. The molecular formula is C4H7I2N. The van der Waals surface area contributed by atoms with E-state index < -0.39 is 0 Å². The van der Waals surface area contributed by atoms with E-state index in [9.17, 15) is 0 Å². The van der Waals surface area contributed by atoms with Crippen LogP contribution in [0.4, 0.5) is 0 Å². The fraction of sp³-hybridized carbons (Fsp3) is 1.00. The first-order valence-corrected chi connectivity index (χ1v) is 4.58. The summed E-state index contributed by atoms with van der Waals surface area (Å²) in [5.41, 5.74) is 0. The summed E-state index contributed by atoms with van der Waals surface area (Å²) in [6.45, 7) is 1.29. The molecule has 0 aliphatic carbocycles. The number of nitrogens with zero attached hydrogens (tertiary/aromatic N) is 1. The van der Waals surface area contributed by atoms with Crippen molar-refractivity contribution in [2.75, 3.05) is 6.54 Å². The third-order valence-corrected chi connectivity index (χ3v) is 4.63. The molecule has 1 rings (SSSR count). The fourth-order valence-electron chi connectivity index (χ4n) is 0.691. The maximum absolute atomic E-state index is 2.48. The van der Waals surface area contributed by atoms with Crippen LogP contribution in [0.3, 0.4) is 0 Å². The fourth-order valence-corrected chi connectivity index (χ4v) is 2.03. The van der Waals surface area contributed by atoms with Crippen LogP contribution in [-0.4, -0.2) is 13.7 Å². The molecule has 3 heteroatoms. The van der Waals surface area contributed by atoms with Crippen molar-refractivity contribution in [3.8, 4) is 0 Å². The largest absolute Gasteiger partial charge is 0.235 e. The van der Waals surface area contributed by atoms with Crippen LogP contribution in [0.15, 0.2) is 0 Å². The Balaban J connectivity index is 2.33. The molecule has 1 fully saturated rings. The van der Waals surface area contributed by atoms with E-state index >= 15 is 0 Å².